The summed E-state index contributed by atoms with van der Waals surface area (Å²) < 4.78 is 0. The van der Waals surface area contributed by atoms with Gasteiger partial charge in [-0.25, -0.2) is 0 Å². The van der Waals surface area contributed by atoms with Gasteiger partial charge in [-0.15, -0.1) is 23.2 Å². The maximum Gasteiger partial charge on any atom is 0.189 e. The third-order valence-corrected chi connectivity index (χ3v) is 5.93. The predicted octanol–water partition coefficient (Wildman–Crippen LogP) is 1.17. The Morgan fingerprint density at radius 1 is 1.26 bits per heavy atom. The van der Waals surface area contributed by atoms with Gasteiger partial charge in [0.25, 0.3) is 0 Å². The number of hydrogen-bond acceptors (Lipinski definition) is 2. The first-order chi connectivity index (χ1) is 8.99. The van der Waals surface area contributed by atoms with Gasteiger partial charge in [0.15, 0.2) is 5.78 Å². The third-order valence-electron chi connectivity index (χ3n) is 4.79. The third kappa shape index (κ3) is 3.84. The van der Waals surface area contributed by atoms with E-state index in [1.807, 2.05) is 0 Å². The molecule has 5 heteroatoms. The maximum atomic E-state index is 12.4. The summed E-state index contributed by atoms with van der Waals surface area (Å²) in [7, 11) is 0. The Morgan fingerprint density at radius 2 is 2.00 bits per heavy atom. The smallest absolute Gasteiger partial charge is 0.189 e. The summed E-state index contributed by atoms with van der Waals surface area (Å²) in [5.74, 6) is 0.930. The summed E-state index contributed by atoms with van der Waals surface area (Å²) in [6, 6.07) is 0. The van der Waals surface area contributed by atoms with Gasteiger partial charge in [0, 0.05) is 17.2 Å². The monoisotopic (exact) mass is 307 g/mol. The maximum absolute atomic E-state index is 12.4. The number of nitrogens with two attached hydrogens (primary N) is 1. The van der Waals surface area contributed by atoms with Crippen molar-refractivity contribution in [3.8, 4) is 0 Å². The molecule has 0 spiro atoms. The zero-order valence-electron chi connectivity index (χ0n) is 11.6. The zero-order valence-corrected chi connectivity index (χ0v) is 13.1. The second-order valence-electron chi connectivity index (χ2n) is 6.24. The molecule has 3 nitrogen and oxygen atoms in total. The Balaban J connectivity index is 1.87. The van der Waals surface area contributed by atoms with E-state index in [0.717, 1.165) is 25.8 Å². The number of quaternary nitrogens is 1. The Kier molecular flexibility index (Phi) is 5.53. The van der Waals surface area contributed by atoms with Crippen LogP contribution in [0.5, 0.6) is 0 Å². The fraction of sp³-hybridized carbons (Fsp3) is 0.929. The molecule has 1 heterocycles. The molecule has 0 radical (unpaired) electrons. The molecular formula is C14H25Cl2N2O+. The molecule has 6 atom stereocenters. The van der Waals surface area contributed by atoms with Crippen molar-refractivity contribution < 1.29 is 9.69 Å². The van der Waals surface area contributed by atoms with Crippen molar-refractivity contribution in [3.63, 3.8) is 0 Å². The van der Waals surface area contributed by atoms with Crippen molar-refractivity contribution >= 4 is 29.0 Å². The highest BCUT2D eigenvalue weighted by molar-refractivity contribution is 6.30. The molecule has 0 bridgehead atoms. The summed E-state index contributed by atoms with van der Waals surface area (Å²) in [5, 5.41) is -0.0383. The standard InChI is InChI=1S/C14H24Cl2N2O/c1-9-3-2-6-18(14(9)17)8-13(19)10-4-5-11(15)12(16)7-10/h9-12,14H,2-8,17H2,1H3/p+1. The van der Waals surface area contributed by atoms with E-state index in [1.54, 1.807) is 0 Å². The van der Waals surface area contributed by atoms with E-state index in [2.05, 4.69) is 6.92 Å². The molecule has 0 aromatic rings. The topological polar surface area (TPSA) is 47.5 Å². The molecule has 2 aliphatic rings. The van der Waals surface area contributed by atoms with Crippen LogP contribution in [-0.2, 0) is 4.79 Å². The minimum Gasteiger partial charge on any atom is -0.314 e. The van der Waals surface area contributed by atoms with Crippen LogP contribution in [0.3, 0.4) is 0 Å². The molecule has 1 saturated heterocycles. The minimum atomic E-state index is -0.0617. The van der Waals surface area contributed by atoms with Gasteiger partial charge in [-0.3, -0.25) is 10.5 Å². The first-order valence-electron chi connectivity index (χ1n) is 7.40. The van der Waals surface area contributed by atoms with E-state index in [-0.39, 0.29) is 22.8 Å². The molecule has 1 aliphatic heterocycles. The van der Waals surface area contributed by atoms with Crippen molar-refractivity contribution in [1.29, 1.82) is 0 Å². The highest BCUT2D eigenvalue weighted by Crippen LogP contribution is 2.31. The molecular weight excluding hydrogens is 283 g/mol. The Labute approximate surface area is 125 Å². The summed E-state index contributed by atoms with van der Waals surface area (Å²) in [6.07, 6.45) is 4.92. The Morgan fingerprint density at radius 3 is 2.68 bits per heavy atom. The largest absolute Gasteiger partial charge is 0.314 e. The van der Waals surface area contributed by atoms with Gasteiger partial charge in [0.05, 0.1) is 11.9 Å². The minimum absolute atomic E-state index is 0.0235. The number of nitrogens with one attached hydrogen (secondary N) is 1. The molecule has 3 N–H and O–H groups in total. The van der Waals surface area contributed by atoms with Crippen molar-refractivity contribution in [2.45, 2.75) is 55.9 Å². The SMILES string of the molecule is CC1CCC[NH+](CC(=O)C2CCC(Cl)C(Cl)C2)C1N. The number of rotatable bonds is 3. The van der Waals surface area contributed by atoms with E-state index >= 15 is 0 Å². The van der Waals surface area contributed by atoms with E-state index < -0.39 is 0 Å². The number of carbonyl (C=O) groups excluding carboxylic acids is 1. The lowest BCUT2D eigenvalue weighted by Gasteiger charge is -2.35. The average molecular weight is 308 g/mol. The lowest BCUT2D eigenvalue weighted by Crippen LogP contribution is -3.19. The molecule has 0 aromatic heterocycles. The number of halogens is 2. The average Bonchev–Trinajstić information content (AvgIpc) is 2.38. The lowest BCUT2D eigenvalue weighted by atomic mass is 9.85. The van der Waals surface area contributed by atoms with Crippen LogP contribution < -0.4 is 10.6 Å². The summed E-state index contributed by atoms with van der Waals surface area (Å²) in [6.45, 7) is 3.76. The van der Waals surface area contributed by atoms with E-state index in [0.29, 0.717) is 18.2 Å². The van der Waals surface area contributed by atoms with Crippen molar-refractivity contribution in [3.05, 3.63) is 0 Å². The number of hydrogen-bond donors (Lipinski definition) is 2. The molecule has 1 saturated carbocycles. The predicted molar refractivity (Wildman–Crippen MR) is 78.7 cm³/mol. The molecule has 1 aliphatic carbocycles. The zero-order chi connectivity index (χ0) is 14.0. The van der Waals surface area contributed by atoms with Crippen LogP contribution in [0.1, 0.15) is 39.0 Å². The number of piperidine rings is 1. The molecule has 19 heavy (non-hydrogen) atoms. The van der Waals surface area contributed by atoms with Gasteiger partial charge < -0.3 is 4.90 Å². The van der Waals surface area contributed by atoms with Gasteiger partial charge in [-0.1, -0.05) is 6.92 Å². The number of Topliss-reactive ketones (excluding diaryl/α,β-unsaturated/α-hetero) is 1. The van der Waals surface area contributed by atoms with Gasteiger partial charge in [0.1, 0.15) is 12.7 Å². The molecule has 6 unspecified atom stereocenters. The van der Waals surface area contributed by atoms with Gasteiger partial charge in [-0.05, 0) is 32.1 Å². The fourth-order valence-electron chi connectivity index (χ4n) is 3.35. The number of alkyl halides is 2. The second kappa shape index (κ2) is 6.75. The summed E-state index contributed by atoms with van der Waals surface area (Å²) in [5.41, 5.74) is 6.21. The second-order valence-corrected chi connectivity index (χ2v) is 7.36. The van der Waals surface area contributed by atoms with E-state index in [9.17, 15) is 4.79 Å². The number of carbonyl (C=O) groups is 1. The highest BCUT2D eigenvalue weighted by atomic mass is 35.5. The Bertz CT molecular complexity index is 327. The van der Waals surface area contributed by atoms with Crippen molar-refractivity contribution in [1.82, 2.24) is 0 Å². The lowest BCUT2D eigenvalue weighted by molar-refractivity contribution is -0.927. The number of ketones is 1. The summed E-state index contributed by atoms with van der Waals surface area (Å²) in [4.78, 5) is 13.6. The first-order valence-corrected chi connectivity index (χ1v) is 8.27. The van der Waals surface area contributed by atoms with Crippen molar-refractivity contribution in [2.24, 2.45) is 17.6 Å². The first kappa shape index (κ1) is 15.6. The van der Waals surface area contributed by atoms with Crippen LogP contribution >= 0.6 is 23.2 Å². The van der Waals surface area contributed by atoms with Crippen LogP contribution in [0.4, 0.5) is 0 Å². The van der Waals surface area contributed by atoms with Gasteiger partial charge in [-0.2, -0.15) is 0 Å². The quantitative estimate of drug-likeness (QED) is 0.769. The molecule has 0 aromatic carbocycles. The van der Waals surface area contributed by atoms with Crippen LogP contribution in [-0.4, -0.2) is 35.8 Å². The molecule has 2 rings (SSSR count). The van der Waals surface area contributed by atoms with E-state index in [1.165, 1.54) is 17.7 Å². The molecule has 0 amide bonds. The Hall–Kier alpha value is 0.170. The van der Waals surface area contributed by atoms with Gasteiger partial charge in [0.2, 0.25) is 0 Å². The van der Waals surface area contributed by atoms with Crippen LogP contribution in [0.2, 0.25) is 0 Å². The normalized spacial score (nSPS) is 44.0. The molecule has 110 valence electrons. The van der Waals surface area contributed by atoms with Crippen LogP contribution in [0.15, 0.2) is 0 Å². The summed E-state index contributed by atoms with van der Waals surface area (Å²) >= 11 is 12.3. The fourth-order valence-corrected chi connectivity index (χ4v) is 3.91. The van der Waals surface area contributed by atoms with E-state index in [4.69, 9.17) is 28.9 Å². The van der Waals surface area contributed by atoms with Crippen molar-refractivity contribution in [2.75, 3.05) is 13.1 Å². The van der Waals surface area contributed by atoms with Crippen LogP contribution in [0, 0.1) is 11.8 Å². The van der Waals surface area contributed by atoms with Crippen LogP contribution in [0.25, 0.3) is 0 Å². The van der Waals surface area contributed by atoms with Gasteiger partial charge >= 0.3 is 0 Å². The molecule has 2 fully saturated rings. The number of likely N-dealkylation sites (tertiary alicyclic amines) is 1. The highest BCUT2D eigenvalue weighted by Gasteiger charge is 2.36.